The SMILES string of the molecule is C[C@H](NC(=O)[C@@H](CC(=O)[C@H](Cc1cnc[nH]1)NC(=O)[C@@H]1CCCN1C(=O)[C@@H](NC(=O)[C@@H](C)Cc1ccccc1)[C@@H](C)O)Cc1ccccc1)C(=O)C[C@@H](CCC(=O)O)C(=O)N[C@@H](CCCN=C(N)N)C(N)=O. The lowest BCUT2D eigenvalue weighted by Crippen LogP contribution is -2.58. The maximum atomic E-state index is 14.5. The fourth-order valence-electron chi connectivity index (χ4n) is 8.43. The number of carboxylic acids is 1. The summed E-state index contributed by atoms with van der Waals surface area (Å²) in [4.78, 5) is 133. The number of aromatic amines is 1. The second-order valence-corrected chi connectivity index (χ2v) is 18.3. The highest BCUT2D eigenvalue weighted by atomic mass is 16.4. The minimum atomic E-state index is -1.36. The maximum absolute atomic E-state index is 14.5. The average molecular weight is 1000 g/mol. The highest BCUT2D eigenvalue weighted by molar-refractivity contribution is 5.98. The Balaban J connectivity index is 1.50. The van der Waals surface area contributed by atoms with Crippen LogP contribution in [0.15, 0.2) is 78.2 Å². The normalized spacial score (nSPS) is 16.6. The summed E-state index contributed by atoms with van der Waals surface area (Å²) in [5.74, 6) is -9.60. The number of benzene rings is 2. The molecule has 22 nitrogen and oxygen atoms in total. The Morgan fingerprint density at radius 1 is 0.764 bits per heavy atom. The standard InChI is InChI=1S/C50H69N11O11/c1-29(22-32-12-6-4-7-13-32)45(68)60-43(31(3)62)49(72)61-21-11-17-39(61)48(71)59-38(26-36-27-54-28-56-36)41(64)25-35(23-33-14-8-5-9-15-33)47(70)57-30(2)40(63)24-34(18-19-42(65)66)46(69)58-37(44(51)67)16-10-20-55-50(52)53/h4-9,12-15,27-31,34-35,37-39,43,62H,10-11,16-26H2,1-3H3,(H2,51,67)(H,54,56)(H,57,70)(H,58,69)(H,59,71)(H,60,68)(H,65,66)(H4,52,53,55)/t29-,30-,31+,34+,35+,37-,38-,39-,43-/m0/s1. The van der Waals surface area contributed by atoms with E-state index in [1.165, 1.54) is 31.3 Å². The van der Waals surface area contributed by atoms with E-state index in [0.29, 0.717) is 24.1 Å². The van der Waals surface area contributed by atoms with Crippen LogP contribution in [-0.4, -0.2) is 133 Å². The summed E-state index contributed by atoms with van der Waals surface area (Å²) < 4.78 is 0. The lowest BCUT2D eigenvalue weighted by molar-refractivity contribution is -0.144. The van der Waals surface area contributed by atoms with E-state index in [-0.39, 0.29) is 57.6 Å². The number of likely N-dealkylation sites (tertiary alicyclic amines) is 1. The van der Waals surface area contributed by atoms with Gasteiger partial charge in [-0.3, -0.25) is 48.1 Å². The maximum Gasteiger partial charge on any atom is 0.303 e. The Hall–Kier alpha value is -7.49. The monoisotopic (exact) mass is 1000 g/mol. The van der Waals surface area contributed by atoms with Crippen LogP contribution in [0, 0.1) is 17.8 Å². The largest absolute Gasteiger partial charge is 0.481 e. The predicted molar refractivity (Wildman–Crippen MR) is 264 cm³/mol. The van der Waals surface area contributed by atoms with Crippen LogP contribution in [0.25, 0.3) is 0 Å². The molecule has 13 N–H and O–H groups in total. The second-order valence-electron chi connectivity index (χ2n) is 18.3. The molecule has 0 unspecified atom stereocenters. The van der Waals surface area contributed by atoms with Gasteiger partial charge in [-0.2, -0.15) is 0 Å². The molecule has 2 aromatic carbocycles. The number of primary amides is 1. The Morgan fingerprint density at radius 2 is 1.39 bits per heavy atom. The van der Waals surface area contributed by atoms with E-state index in [2.05, 4.69) is 36.2 Å². The van der Waals surface area contributed by atoms with Gasteiger partial charge in [-0.1, -0.05) is 67.6 Å². The second kappa shape index (κ2) is 28.4. The number of H-pyrrole nitrogens is 1. The first-order valence-electron chi connectivity index (χ1n) is 24.1. The van der Waals surface area contributed by atoms with Crippen molar-refractivity contribution in [2.24, 2.45) is 39.9 Å². The number of carbonyl (C=O) groups is 9. The van der Waals surface area contributed by atoms with Gasteiger partial charge >= 0.3 is 5.97 Å². The molecule has 0 aliphatic carbocycles. The van der Waals surface area contributed by atoms with Crippen LogP contribution in [0.3, 0.4) is 0 Å². The summed E-state index contributed by atoms with van der Waals surface area (Å²) in [5, 5.41) is 30.8. The third-order valence-electron chi connectivity index (χ3n) is 12.5. The van der Waals surface area contributed by atoms with Crippen LogP contribution in [0.1, 0.15) is 89.0 Å². The number of rotatable bonds is 30. The fraction of sp³-hybridized carbons (Fsp3) is 0.500. The van der Waals surface area contributed by atoms with Gasteiger partial charge < -0.3 is 58.6 Å². The Bertz CT molecular complexity index is 2340. The van der Waals surface area contributed by atoms with Crippen LogP contribution in [0.2, 0.25) is 0 Å². The number of nitrogens with two attached hydrogens (primary N) is 3. The first-order chi connectivity index (χ1) is 34.2. The number of aliphatic hydroxyl groups excluding tert-OH is 1. The first kappa shape index (κ1) is 57.1. The summed E-state index contributed by atoms with van der Waals surface area (Å²) >= 11 is 0. The van der Waals surface area contributed by atoms with E-state index in [4.69, 9.17) is 17.2 Å². The van der Waals surface area contributed by atoms with E-state index in [9.17, 15) is 53.4 Å². The van der Waals surface area contributed by atoms with Crippen LogP contribution >= 0.6 is 0 Å². The van der Waals surface area contributed by atoms with Crippen molar-refractivity contribution >= 4 is 58.9 Å². The zero-order valence-corrected chi connectivity index (χ0v) is 41.0. The number of aliphatic carboxylic acids is 1. The lowest BCUT2D eigenvalue weighted by Gasteiger charge is -2.31. The molecule has 0 spiro atoms. The number of aromatic nitrogens is 2. The molecule has 1 aliphatic heterocycles. The smallest absolute Gasteiger partial charge is 0.303 e. The molecule has 1 fully saturated rings. The molecule has 4 rings (SSSR count). The Kier molecular flexibility index (Phi) is 22.5. The summed E-state index contributed by atoms with van der Waals surface area (Å²) in [5.41, 5.74) is 18.3. The number of nitrogens with one attached hydrogen (secondary N) is 5. The van der Waals surface area contributed by atoms with Gasteiger partial charge in [-0.25, -0.2) is 4.98 Å². The molecule has 0 radical (unpaired) electrons. The molecule has 390 valence electrons. The molecule has 6 amide bonds. The number of hydrogen-bond acceptors (Lipinski definition) is 12. The van der Waals surface area contributed by atoms with Crippen molar-refractivity contribution in [2.45, 2.75) is 128 Å². The van der Waals surface area contributed by atoms with Crippen molar-refractivity contribution < 1.29 is 53.4 Å². The third-order valence-corrected chi connectivity index (χ3v) is 12.5. The van der Waals surface area contributed by atoms with Crippen LogP contribution in [-0.2, 0) is 62.4 Å². The molecule has 22 heteroatoms. The van der Waals surface area contributed by atoms with Gasteiger partial charge in [0.15, 0.2) is 17.5 Å². The molecule has 2 heterocycles. The number of aliphatic imine (C=N–C) groups is 1. The number of aliphatic hydroxyl groups is 1. The predicted octanol–water partition coefficient (Wildman–Crippen LogP) is -0.0409. The van der Waals surface area contributed by atoms with Crippen molar-refractivity contribution in [3.63, 3.8) is 0 Å². The quantitative estimate of drug-likeness (QED) is 0.0238. The molecule has 1 aromatic heterocycles. The summed E-state index contributed by atoms with van der Waals surface area (Å²) in [6, 6.07) is 12.0. The van der Waals surface area contributed by atoms with E-state index in [1.54, 1.807) is 37.3 Å². The van der Waals surface area contributed by atoms with Crippen LogP contribution in [0.4, 0.5) is 0 Å². The molecular formula is C50H69N11O11. The fourth-order valence-corrected chi connectivity index (χ4v) is 8.43. The highest BCUT2D eigenvalue weighted by Gasteiger charge is 2.41. The van der Waals surface area contributed by atoms with Gasteiger partial charge in [0.1, 0.15) is 18.1 Å². The van der Waals surface area contributed by atoms with Crippen molar-refractivity contribution in [1.82, 2.24) is 36.1 Å². The number of carbonyl (C=O) groups excluding carboxylic acids is 8. The van der Waals surface area contributed by atoms with E-state index >= 15 is 0 Å². The topological polar surface area (TPSA) is 365 Å². The first-order valence-corrected chi connectivity index (χ1v) is 24.1. The molecule has 72 heavy (non-hydrogen) atoms. The third kappa shape index (κ3) is 18.4. The van der Waals surface area contributed by atoms with Gasteiger partial charge in [0.05, 0.1) is 24.5 Å². The van der Waals surface area contributed by atoms with Crippen molar-refractivity contribution in [3.05, 3.63) is 90.0 Å². The van der Waals surface area contributed by atoms with Crippen LogP contribution < -0.4 is 38.5 Å². The molecule has 0 bridgehead atoms. The van der Waals surface area contributed by atoms with E-state index < -0.39 is 126 Å². The number of hydrogen-bond donors (Lipinski definition) is 10. The Labute approximate surface area is 418 Å². The van der Waals surface area contributed by atoms with E-state index in [1.807, 2.05) is 30.3 Å². The minimum absolute atomic E-state index is 0.0344. The number of carboxylic acid groups (broad SMARTS) is 1. The molecule has 3 aromatic rings. The number of guanidine groups is 1. The number of ketones is 2. The molecule has 0 saturated carbocycles. The molecule has 1 aliphatic rings. The van der Waals surface area contributed by atoms with Gasteiger partial charge in [0, 0.05) is 68.4 Å². The number of nitrogens with zero attached hydrogens (tertiary/aromatic N) is 3. The lowest BCUT2D eigenvalue weighted by atomic mass is 9.89. The van der Waals surface area contributed by atoms with Crippen LogP contribution in [0.5, 0.6) is 0 Å². The van der Waals surface area contributed by atoms with Crippen molar-refractivity contribution in [1.29, 1.82) is 0 Å². The molecule has 9 atom stereocenters. The average Bonchev–Trinajstić information content (AvgIpc) is 4.06. The zero-order valence-electron chi connectivity index (χ0n) is 41.0. The summed E-state index contributed by atoms with van der Waals surface area (Å²) in [6.07, 6.45) is 1.18. The summed E-state index contributed by atoms with van der Waals surface area (Å²) in [7, 11) is 0. The molecule has 1 saturated heterocycles. The zero-order chi connectivity index (χ0) is 52.9. The highest BCUT2D eigenvalue weighted by Crippen LogP contribution is 2.23. The van der Waals surface area contributed by atoms with Gasteiger partial charge in [0.2, 0.25) is 35.4 Å². The van der Waals surface area contributed by atoms with Gasteiger partial charge in [-0.05, 0) is 69.9 Å². The number of Topliss-reactive ketones (excluding diaryl/α,β-unsaturated/α-hetero) is 2. The minimum Gasteiger partial charge on any atom is -0.481 e. The van der Waals surface area contributed by atoms with Gasteiger partial charge in [-0.15, -0.1) is 0 Å². The molecular weight excluding hydrogens is 931 g/mol. The number of amides is 6. The summed E-state index contributed by atoms with van der Waals surface area (Å²) in [6.45, 7) is 4.76. The Morgan fingerprint density at radius 3 is 1.97 bits per heavy atom. The van der Waals surface area contributed by atoms with Gasteiger partial charge in [0.25, 0.3) is 0 Å². The van der Waals surface area contributed by atoms with Crippen molar-refractivity contribution in [2.75, 3.05) is 13.1 Å². The number of imidazole rings is 1. The van der Waals surface area contributed by atoms with E-state index in [0.717, 1.165) is 5.56 Å². The van der Waals surface area contributed by atoms with Crippen molar-refractivity contribution in [3.8, 4) is 0 Å².